The number of alkyl halides is 10. The Morgan fingerprint density at radius 2 is 1.47 bits per heavy atom. The number of benzene rings is 2. The predicted molar refractivity (Wildman–Crippen MR) is 107 cm³/mol. The van der Waals surface area contributed by atoms with Gasteiger partial charge in [-0.2, -0.15) is 26.3 Å². The second-order valence-electron chi connectivity index (χ2n) is 7.39. The highest BCUT2D eigenvalue weighted by molar-refractivity contribution is 5.35. The van der Waals surface area contributed by atoms with Gasteiger partial charge in [-0.25, -0.2) is 4.39 Å². The van der Waals surface area contributed by atoms with E-state index in [1.54, 1.807) is 24.3 Å². The van der Waals surface area contributed by atoms with Crippen molar-refractivity contribution in [1.82, 2.24) is 4.90 Å². The topological polar surface area (TPSA) is 30.9 Å². The van der Waals surface area contributed by atoms with Crippen LogP contribution < -0.4 is 9.47 Å². The van der Waals surface area contributed by atoms with Gasteiger partial charge in [-0.05, 0) is 48.6 Å². The summed E-state index contributed by atoms with van der Waals surface area (Å²) in [5.41, 5.74) is 1.05. The van der Waals surface area contributed by atoms with E-state index in [1.165, 1.54) is 18.2 Å². The molecular formula is C22H21F10NO3. The van der Waals surface area contributed by atoms with E-state index < -0.39 is 62.1 Å². The monoisotopic (exact) mass is 537 g/mol. The van der Waals surface area contributed by atoms with Crippen LogP contribution in [0.2, 0.25) is 0 Å². The number of ether oxygens (including phenoxy) is 3. The lowest BCUT2D eigenvalue weighted by molar-refractivity contribution is -0.373. The maximum absolute atomic E-state index is 12.7. The van der Waals surface area contributed by atoms with E-state index in [0.717, 1.165) is 6.07 Å². The van der Waals surface area contributed by atoms with Crippen LogP contribution in [0.5, 0.6) is 11.5 Å². The van der Waals surface area contributed by atoms with Crippen LogP contribution in [-0.4, -0.2) is 50.0 Å². The molecule has 0 spiro atoms. The standard InChI is InChI=1S/C22H21F10NO3/c23-14-35-18(10-11-33(20(24,25)26)21(27,28)29)13-34-19-7-2-1-5-16(19)9-8-15-4-3-6-17(12-15)36-22(30,31)32/h1-7,12,18H,8-11,13-14H2. The van der Waals surface area contributed by atoms with Crippen molar-refractivity contribution >= 4 is 0 Å². The van der Waals surface area contributed by atoms with Crippen LogP contribution in [0.3, 0.4) is 0 Å². The lowest BCUT2D eigenvalue weighted by Gasteiger charge is -2.28. The van der Waals surface area contributed by atoms with Crippen LogP contribution in [0.4, 0.5) is 43.9 Å². The van der Waals surface area contributed by atoms with E-state index in [1.807, 2.05) is 0 Å². The minimum atomic E-state index is -5.69. The molecule has 0 radical (unpaired) electrons. The number of para-hydroxylation sites is 1. The van der Waals surface area contributed by atoms with Crippen molar-refractivity contribution in [2.24, 2.45) is 0 Å². The zero-order valence-corrected chi connectivity index (χ0v) is 18.4. The van der Waals surface area contributed by atoms with Crippen molar-refractivity contribution in [3.8, 4) is 11.5 Å². The zero-order chi connectivity index (χ0) is 27.0. The number of halogens is 10. The minimum Gasteiger partial charge on any atom is -0.491 e. The summed E-state index contributed by atoms with van der Waals surface area (Å²) in [6, 6.07) is 11.6. The first-order chi connectivity index (χ1) is 16.7. The Kier molecular flexibility index (Phi) is 10.2. The van der Waals surface area contributed by atoms with Crippen LogP contribution in [0.15, 0.2) is 48.5 Å². The first-order valence-corrected chi connectivity index (χ1v) is 10.3. The molecule has 202 valence electrons. The van der Waals surface area contributed by atoms with Gasteiger partial charge in [-0.15, -0.1) is 18.1 Å². The van der Waals surface area contributed by atoms with Gasteiger partial charge in [0.2, 0.25) is 0 Å². The van der Waals surface area contributed by atoms with Crippen molar-refractivity contribution in [3.05, 3.63) is 59.7 Å². The molecule has 0 aliphatic heterocycles. The highest BCUT2D eigenvalue weighted by Crippen LogP contribution is 2.33. The molecule has 0 aliphatic carbocycles. The molecular weight excluding hydrogens is 516 g/mol. The van der Waals surface area contributed by atoms with E-state index in [2.05, 4.69) is 9.47 Å². The molecule has 0 aliphatic rings. The molecule has 0 saturated heterocycles. The molecule has 0 saturated carbocycles. The van der Waals surface area contributed by atoms with Gasteiger partial charge in [-0.3, -0.25) is 0 Å². The van der Waals surface area contributed by atoms with E-state index in [9.17, 15) is 43.9 Å². The molecule has 1 atom stereocenters. The number of aryl methyl sites for hydroxylation is 2. The first kappa shape index (κ1) is 29.5. The molecule has 14 heteroatoms. The molecule has 0 aromatic heterocycles. The van der Waals surface area contributed by atoms with Crippen molar-refractivity contribution < 1.29 is 58.1 Å². The van der Waals surface area contributed by atoms with Crippen LogP contribution >= 0.6 is 0 Å². The minimum absolute atomic E-state index is 0.205. The van der Waals surface area contributed by atoms with Gasteiger partial charge in [0.05, 0.1) is 6.10 Å². The summed E-state index contributed by atoms with van der Waals surface area (Å²) < 4.78 is 140. The van der Waals surface area contributed by atoms with Crippen molar-refractivity contribution in [2.75, 3.05) is 20.0 Å². The van der Waals surface area contributed by atoms with Gasteiger partial charge in [0.15, 0.2) is 6.86 Å². The lowest BCUT2D eigenvalue weighted by Crippen LogP contribution is -2.49. The third-order valence-corrected chi connectivity index (χ3v) is 4.80. The lowest BCUT2D eigenvalue weighted by atomic mass is 10.0. The molecule has 2 aromatic carbocycles. The summed E-state index contributed by atoms with van der Waals surface area (Å²) in [6.45, 7) is -3.53. The van der Waals surface area contributed by atoms with Crippen LogP contribution in [0, 0.1) is 0 Å². The zero-order valence-electron chi connectivity index (χ0n) is 18.4. The smallest absolute Gasteiger partial charge is 0.491 e. The normalized spacial score (nSPS) is 13.6. The summed E-state index contributed by atoms with van der Waals surface area (Å²) in [5, 5.41) is 0. The largest absolute Gasteiger partial charge is 0.573 e. The van der Waals surface area contributed by atoms with Gasteiger partial charge in [-0.1, -0.05) is 30.3 Å². The molecule has 0 fully saturated rings. The Balaban J connectivity index is 2.02. The third-order valence-electron chi connectivity index (χ3n) is 4.80. The van der Waals surface area contributed by atoms with Crippen LogP contribution in [-0.2, 0) is 17.6 Å². The molecule has 2 aromatic rings. The fourth-order valence-electron chi connectivity index (χ4n) is 3.19. The summed E-state index contributed by atoms with van der Waals surface area (Å²) in [7, 11) is 0. The molecule has 2 rings (SSSR count). The summed E-state index contributed by atoms with van der Waals surface area (Å²) in [6.07, 6.45) is -18.0. The molecule has 0 bridgehead atoms. The predicted octanol–water partition coefficient (Wildman–Crippen LogP) is 6.79. The molecule has 36 heavy (non-hydrogen) atoms. The number of hydrogen-bond donors (Lipinski definition) is 0. The number of hydrogen-bond acceptors (Lipinski definition) is 4. The second kappa shape index (κ2) is 12.5. The average molecular weight is 537 g/mol. The van der Waals surface area contributed by atoms with Gasteiger partial charge in [0, 0.05) is 6.54 Å². The molecule has 1 unspecified atom stereocenters. The van der Waals surface area contributed by atoms with Crippen molar-refractivity contribution in [2.45, 2.75) is 44.3 Å². The van der Waals surface area contributed by atoms with Gasteiger partial charge in [0.1, 0.15) is 18.1 Å². The number of nitrogens with zero attached hydrogens (tertiary/aromatic N) is 1. The Morgan fingerprint density at radius 1 is 0.806 bits per heavy atom. The third kappa shape index (κ3) is 10.1. The van der Waals surface area contributed by atoms with E-state index in [4.69, 9.17) is 4.74 Å². The van der Waals surface area contributed by atoms with Gasteiger partial charge < -0.3 is 14.2 Å². The quantitative estimate of drug-likeness (QED) is 0.220. The SMILES string of the molecule is FCOC(CCN(C(F)(F)F)C(F)(F)F)COc1ccccc1CCc1cccc(OC(F)(F)F)c1. The first-order valence-electron chi connectivity index (χ1n) is 10.3. The van der Waals surface area contributed by atoms with Crippen LogP contribution in [0.25, 0.3) is 0 Å². The highest BCUT2D eigenvalue weighted by Gasteiger charge is 2.53. The Labute approximate surface area is 199 Å². The maximum atomic E-state index is 12.7. The fraction of sp³-hybridized carbons (Fsp3) is 0.455. The molecule has 4 nitrogen and oxygen atoms in total. The highest BCUT2D eigenvalue weighted by atomic mass is 19.4. The summed E-state index contributed by atoms with van der Waals surface area (Å²) in [5.74, 6) is -0.196. The van der Waals surface area contributed by atoms with Crippen molar-refractivity contribution in [1.29, 1.82) is 0 Å². The Hall–Kier alpha value is -2.74. The molecule has 0 amide bonds. The average Bonchev–Trinajstić information content (AvgIpc) is 2.74. The van der Waals surface area contributed by atoms with E-state index >= 15 is 0 Å². The maximum Gasteiger partial charge on any atom is 0.573 e. The van der Waals surface area contributed by atoms with Gasteiger partial charge >= 0.3 is 19.0 Å². The van der Waals surface area contributed by atoms with E-state index in [0.29, 0.717) is 11.1 Å². The molecule has 0 heterocycles. The van der Waals surface area contributed by atoms with Crippen molar-refractivity contribution in [3.63, 3.8) is 0 Å². The number of rotatable bonds is 12. The summed E-state index contributed by atoms with van der Waals surface area (Å²) >= 11 is 0. The Bertz CT molecular complexity index is 933. The summed E-state index contributed by atoms with van der Waals surface area (Å²) in [4.78, 5) is -1.64. The Morgan fingerprint density at radius 3 is 2.08 bits per heavy atom. The van der Waals surface area contributed by atoms with E-state index in [-0.39, 0.29) is 18.6 Å². The second-order valence-corrected chi connectivity index (χ2v) is 7.39. The molecule has 0 N–H and O–H groups in total. The fourth-order valence-corrected chi connectivity index (χ4v) is 3.19. The van der Waals surface area contributed by atoms with Crippen LogP contribution in [0.1, 0.15) is 17.5 Å². The van der Waals surface area contributed by atoms with Gasteiger partial charge in [0.25, 0.3) is 0 Å².